The minimum atomic E-state index is 0.933. The van der Waals surface area contributed by atoms with Crippen molar-refractivity contribution in [2.75, 3.05) is 4.90 Å². The topological polar surface area (TPSA) is 8.17 Å². The van der Waals surface area contributed by atoms with Crippen molar-refractivity contribution in [3.63, 3.8) is 0 Å². The number of benzene rings is 8. The Hall–Kier alpha value is -6.12. The number of hydrogen-bond acceptors (Lipinski definition) is 1. The number of aryl methyl sites for hydroxylation is 1. The monoisotopic (exact) mass is 614 g/mol. The molecule has 0 amide bonds. The molecule has 0 aliphatic carbocycles. The Labute approximate surface area is 280 Å². The number of hydrogen-bond donors (Lipinski definition) is 0. The zero-order chi connectivity index (χ0) is 32.0. The summed E-state index contributed by atoms with van der Waals surface area (Å²) in [5.74, 6) is 0. The van der Waals surface area contributed by atoms with Crippen molar-refractivity contribution in [2.24, 2.45) is 0 Å². The quantitative estimate of drug-likeness (QED) is 0.169. The lowest BCUT2D eigenvalue weighted by atomic mass is 9.86. The van der Waals surface area contributed by atoms with E-state index in [2.05, 4.69) is 192 Å². The molecule has 9 aromatic rings. The molecular weight excluding hydrogens is 581 g/mol. The molecule has 0 aliphatic rings. The molecule has 0 fully saturated rings. The lowest BCUT2D eigenvalue weighted by molar-refractivity contribution is 0.827. The second-order valence-corrected chi connectivity index (χ2v) is 12.4. The van der Waals surface area contributed by atoms with Crippen molar-refractivity contribution in [1.82, 2.24) is 4.57 Å². The van der Waals surface area contributed by atoms with Gasteiger partial charge in [-0.2, -0.15) is 0 Å². The minimum Gasteiger partial charge on any atom is -0.341 e. The predicted octanol–water partition coefficient (Wildman–Crippen LogP) is 12.9. The highest BCUT2D eigenvalue weighted by molar-refractivity contribution is 6.21. The van der Waals surface area contributed by atoms with E-state index >= 15 is 0 Å². The molecular formula is C46H34N2. The molecule has 0 aliphatic heterocycles. The molecule has 0 saturated heterocycles. The van der Waals surface area contributed by atoms with Gasteiger partial charge in [0.15, 0.2) is 0 Å². The molecule has 0 spiro atoms. The fourth-order valence-corrected chi connectivity index (χ4v) is 7.68. The third-order valence-electron chi connectivity index (χ3n) is 9.75. The van der Waals surface area contributed by atoms with Crippen molar-refractivity contribution < 1.29 is 0 Å². The van der Waals surface area contributed by atoms with E-state index in [0.29, 0.717) is 0 Å². The Bertz CT molecular complexity index is 2520. The van der Waals surface area contributed by atoms with Gasteiger partial charge in [-0.1, -0.05) is 127 Å². The molecule has 2 heteroatoms. The predicted molar refractivity (Wildman–Crippen MR) is 206 cm³/mol. The van der Waals surface area contributed by atoms with Crippen molar-refractivity contribution >= 4 is 60.4 Å². The number of aromatic nitrogens is 1. The Balaban J connectivity index is 1.22. The highest BCUT2D eigenvalue weighted by atomic mass is 15.1. The first-order chi connectivity index (χ1) is 23.8. The summed E-state index contributed by atoms with van der Waals surface area (Å²) in [6.45, 7) is 3.15. The Kier molecular flexibility index (Phi) is 6.80. The van der Waals surface area contributed by atoms with Gasteiger partial charge in [0, 0.05) is 45.4 Å². The fourth-order valence-electron chi connectivity index (χ4n) is 7.68. The molecule has 48 heavy (non-hydrogen) atoms. The molecule has 0 radical (unpaired) electrons. The summed E-state index contributed by atoms with van der Waals surface area (Å²) < 4.78 is 2.41. The summed E-state index contributed by atoms with van der Waals surface area (Å²) >= 11 is 0. The molecule has 9 rings (SSSR count). The van der Waals surface area contributed by atoms with Gasteiger partial charge in [-0.15, -0.1) is 0 Å². The van der Waals surface area contributed by atoms with Gasteiger partial charge in [0.25, 0.3) is 0 Å². The van der Waals surface area contributed by atoms with Crippen LogP contribution in [0.25, 0.3) is 65.6 Å². The molecule has 8 aromatic carbocycles. The summed E-state index contributed by atoms with van der Waals surface area (Å²) in [5, 5.41) is 7.64. The van der Waals surface area contributed by atoms with E-state index in [1.807, 2.05) is 0 Å². The van der Waals surface area contributed by atoms with E-state index in [1.165, 1.54) is 65.6 Å². The van der Waals surface area contributed by atoms with Gasteiger partial charge >= 0.3 is 0 Å². The molecule has 0 atom stereocenters. The minimum absolute atomic E-state index is 0.933. The van der Waals surface area contributed by atoms with Crippen LogP contribution in [0.2, 0.25) is 0 Å². The number of nitrogens with zero attached hydrogens (tertiary/aromatic N) is 2. The van der Waals surface area contributed by atoms with Gasteiger partial charge < -0.3 is 9.47 Å². The van der Waals surface area contributed by atoms with Crippen LogP contribution in [0.3, 0.4) is 0 Å². The summed E-state index contributed by atoms with van der Waals surface area (Å²) in [6, 6.07) is 64.0. The first-order valence-electron chi connectivity index (χ1n) is 16.8. The van der Waals surface area contributed by atoms with Crippen molar-refractivity contribution in [1.29, 1.82) is 0 Å². The molecule has 1 heterocycles. The number of fused-ring (bicyclic) bond motifs is 5. The van der Waals surface area contributed by atoms with Crippen LogP contribution in [-0.4, -0.2) is 4.57 Å². The number of anilines is 3. The largest absolute Gasteiger partial charge is 0.341 e. The van der Waals surface area contributed by atoms with Crippen molar-refractivity contribution in [3.8, 4) is 22.3 Å². The van der Waals surface area contributed by atoms with Gasteiger partial charge in [0.05, 0.1) is 0 Å². The third kappa shape index (κ3) is 4.49. The standard InChI is InChI=1S/C46H34N2/c1-2-47-43-24-14-13-19-37(43)42-31-36(29-30-44(42)47)48(34-17-7-4-8-18-34)35-27-25-33(26-28-35)46-40-22-11-9-20-38(40)45(32-15-5-3-6-16-32)39-21-10-12-23-41(39)46/h3-31H,2H2,1H3. The van der Waals surface area contributed by atoms with Gasteiger partial charge in [-0.3, -0.25) is 0 Å². The number of para-hydroxylation sites is 2. The van der Waals surface area contributed by atoms with Crippen LogP contribution in [0.5, 0.6) is 0 Å². The van der Waals surface area contributed by atoms with Crippen LogP contribution < -0.4 is 4.90 Å². The van der Waals surface area contributed by atoms with E-state index in [1.54, 1.807) is 0 Å². The lowest BCUT2D eigenvalue weighted by Crippen LogP contribution is -2.09. The van der Waals surface area contributed by atoms with E-state index < -0.39 is 0 Å². The van der Waals surface area contributed by atoms with E-state index in [9.17, 15) is 0 Å². The van der Waals surface area contributed by atoms with Crippen LogP contribution >= 0.6 is 0 Å². The van der Waals surface area contributed by atoms with E-state index in [4.69, 9.17) is 0 Å². The normalized spacial score (nSPS) is 11.5. The Morgan fingerprint density at radius 1 is 0.375 bits per heavy atom. The molecule has 0 unspecified atom stereocenters. The smallest absolute Gasteiger partial charge is 0.0492 e. The van der Waals surface area contributed by atoms with Crippen LogP contribution in [0.15, 0.2) is 176 Å². The molecule has 0 N–H and O–H groups in total. The average molecular weight is 615 g/mol. The fraction of sp³-hybridized carbons (Fsp3) is 0.0435. The highest BCUT2D eigenvalue weighted by Crippen LogP contribution is 2.45. The highest BCUT2D eigenvalue weighted by Gasteiger charge is 2.19. The summed E-state index contributed by atoms with van der Waals surface area (Å²) in [7, 11) is 0. The maximum atomic E-state index is 2.41. The lowest BCUT2D eigenvalue weighted by Gasteiger charge is -2.26. The zero-order valence-electron chi connectivity index (χ0n) is 26.8. The Morgan fingerprint density at radius 3 is 1.40 bits per heavy atom. The van der Waals surface area contributed by atoms with Crippen LogP contribution in [-0.2, 0) is 6.54 Å². The summed E-state index contributed by atoms with van der Waals surface area (Å²) in [5.41, 5.74) is 11.0. The first kappa shape index (κ1) is 28.1. The first-order valence-corrected chi connectivity index (χ1v) is 16.8. The Morgan fingerprint density at radius 2 is 0.812 bits per heavy atom. The van der Waals surface area contributed by atoms with E-state index in [0.717, 1.165) is 23.6 Å². The van der Waals surface area contributed by atoms with E-state index in [-0.39, 0.29) is 0 Å². The maximum absolute atomic E-state index is 2.41. The van der Waals surface area contributed by atoms with Gasteiger partial charge in [0.1, 0.15) is 0 Å². The van der Waals surface area contributed by atoms with Crippen molar-refractivity contribution in [3.05, 3.63) is 176 Å². The summed E-state index contributed by atoms with van der Waals surface area (Å²) in [4.78, 5) is 2.37. The third-order valence-corrected chi connectivity index (χ3v) is 9.75. The molecule has 1 aromatic heterocycles. The average Bonchev–Trinajstić information content (AvgIpc) is 3.48. The van der Waals surface area contributed by atoms with Gasteiger partial charge in [-0.25, -0.2) is 0 Å². The second kappa shape index (κ2) is 11.6. The molecule has 228 valence electrons. The molecule has 0 bridgehead atoms. The summed E-state index contributed by atoms with van der Waals surface area (Å²) in [6.07, 6.45) is 0. The van der Waals surface area contributed by atoms with Crippen LogP contribution in [0.4, 0.5) is 17.1 Å². The maximum Gasteiger partial charge on any atom is 0.0492 e. The second-order valence-electron chi connectivity index (χ2n) is 12.4. The molecule has 2 nitrogen and oxygen atoms in total. The molecule has 0 saturated carbocycles. The van der Waals surface area contributed by atoms with Crippen LogP contribution in [0, 0.1) is 0 Å². The van der Waals surface area contributed by atoms with Gasteiger partial charge in [-0.05, 0) is 99.3 Å². The van der Waals surface area contributed by atoms with Gasteiger partial charge in [0.2, 0.25) is 0 Å². The number of rotatable bonds is 6. The zero-order valence-corrected chi connectivity index (χ0v) is 26.8. The SMILES string of the molecule is CCn1c2ccccc2c2cc(N(c3ccccc3)c3ccc(-c4c5ccccc5c(-c5ccccc5)c5ccccc45)cc3)ccc21. The van der Waals surface area contributed by atoms with Crippen LogP contribution in [0.1, 0.15) is 6.92 Å². The van der Waals surface area contributed by atoms with Crippen molar-refractivity contribution in [2.45, 2.75) is 13.5 Å².